The summed E-state index contributed by atoms with van der Waals surface area (Å²) in [5.41, 5.74) is 1.39. The molecule has 0 aliphatic rings. The fourth-order valence-electron chi connectivity index (χ4n) is 1.88. The lowest BCUT2D eigenvalue weighted by molar-refractivity contribution is -0.140. The Hall–Kier alpha value is -1.85. The number of ether oxygens (including phenoxy) is 1. The largest absolute Gasteiger partial charge is 0.469 e. The lowest BCUT2D eigenvalue weighted by Crippen LogP contribution is -2.33. The van der Waals surface area contributed by atoms with E-state index >= 15 is 0 Å². The lowest BCUT2D eigenvalue weighted by Gasteiger charge is -2.20. The number of aromatic nitrogens is 2. The van der Waals surface area contributed by atoms with Gasteiger partial charge in [-0.25, -0.2) is 0 Å². The van der Waals surface area contributed by atoms with Crippen LogP contribution < -0.4 is 0 Å². The second-order valence-electron chi connectivity index (χ2n) is 4.23. The fourth-order valence-corrected chi connectivity index (χ4v) is 1.88. The van der Waals surface area contributed by atoms with Crippen LogP contribution in [-0.2, 0) is 23.0 Å². The molecular formula is C13H21N3O3. The molecule has 0 atom stereocenters. The number of carbonyl (C=O) groups is 2. The van der Waals surface area contributed by atoms with E-state index in [9.17, 15) is 9.59 Å². The van der Waals surface area contributed by atoms with E-state index < -0.39 is 0 Å². The van der Waals surface area contributed by atoms with E-state index in [4.69, 9.17) is 0 Å². The van der Waals surface area contributed by atoms with E-state index in [-0.39, 0.29) is 18.3 Å². The van der Waals surface area contributed by atoms with Crippen molar-refractivity contribution in [3.63, 3.8) is 0 Å². The van der Waals surface area contributed by atoms with Gasteiger partial charge in [0.1, 0.15) is 0 Å². The van der Waals surface area contributed by atoms with Crippen molar-refractivity contribution in [3.8, 4) is 0 Å². The molecule has 0 aliphatic heterocycles. The topological polar surface area (TPSA) is 64.4 Å². The minimum absolute atomic E-state index is 0.0867. The molecule has 0 aromatic carbocycles. The van der Waals surface area contributed by atoms with Gasteiger partial charge in [-0.3, -0.25) is 14.3 Å². The molecule has 0 bridgehead atoms. The standard InChI is InChI=1S/C13H21N3O3/c1-5-11-10(9-15(3)14-11)13(18)16(6-2)8-7-12(17)19-4/h9H,5-8H2,1-4H3. The predicted molar refractivity (Wildman–Crippen MR) is 70.8 cm³/mol. The molecule has 0 radical (unpaired) electrons. The predicted octanol–water partition coefficient (Wildman–Crippen LogP) is 1.01. The Morgan fingerprint density at radius 2 is 2.11 bits per heavy atom. The highest BCUT2D eigenvalue weighted by atomic mass is 16.5. The molecule has 1 rings (SSSR count). The van der Waals surface area contributed by atoms with Gasteiger partial charge in [-0.2, -0.15) is 5.10 Å². The molecule has 6 nitrogen and oxygen atoms in total. The lowest BCUT2D eigenvalue weighted by atomic mass is 10.2. The van der Waals surface area contributed by atoms with Crippen LogP contribution in [0.5, 0.6) is 0 Å². The average Bonchev–Trinajstić information content (AvgIpc) is 2.79. The van der Waals surface area contributed by atoms with Gasteiger partial charge in [0, 0.05) is 26.3 Å². The highest BCUT2D eigenvalue weighted by Crippen LogP contribution is 2.11. The van der Waals surface area contributed by atoms with Gasteiger partial charge in [0.05, 0.1) is 24.8 Å². The third-order valence-electron chi connectivity index (χ3n) is 2.95. The molecule has 106 valence electrons. The summed E-state index contributed by atoms with van der Waals surface area (Å²) >= 11 is 0. The van der Waals surface area contributed by atoms with Gasteiger partial charge in [0.15, 0.2) is 0 Å². The number of aryl methyl sites for hydroxylation is 2. The summed E-state index contributed by atoms with van der Waals surface area (Å²) in [7, 11) is 3.14. The van der Waals surface area contributed by atoms with Gasteiger partial charge in [0.25, 0.3) is 5.91 Å². The van der Waals surface area contributed by atoms with E-state index in [0.29, 0.717) is 25.1 Å². The Morgan fingerprint density at radius 3 is 2.63 bits per heavy atom. The number of methoxy groups -OCH3 is 1. The monoisotopic (exact) mass is 267 g/mol. The number of hydrogen-bond donors (Lipinski definition) is 0. The zero-order valence-corrected chi connectivity index (χ0v) is 12.0. The molecule has 19 heavy (non-hydrogen) atoms. The minimum Gasteiger partial charge on any atom is -0.469 e. The third kappa shape index (κ3) is 3.81. The SMILES string of the molecule is CCc1nn(C)cc1C(=O)N(CC)CCC(=O)OC. The first kappa shape index (κ1) is 15.2. The highest BCUT2D eigenvalue weighted by molar-refractivity contribution is 5.95. The highest BCUT2D eigenvalue weighted by Gasteiger charge is 2.20. The Labute approximate surface area is 113 Å². The second-order valence-corrected chi connectivity index (χ2v) is 4.23. The maximum atomic E-state index is 12.4. The van der Waals surface area contributed by atoms with Crippen LogP contribution in [0.1, 0.15) is 36.3 Å². The first-order valence-electron chi connectivity index (χ1n) is 6.42. The molecule has 0 aliphatic carbocycles. The van der Waals surface area contributed by atoms with Crippen molar-refractivity contribution in [2.24, 2.45) is 7.05 Å². The van der Waals surface area contributed by atoms with Gasteiger partial charge in [-0.05, 0) is 13.3 Å². The second kappa shape index (κ2) is 6.92. The van der Waals surface area contributed by atoms with Crippen molar-refractivity contribution in [2.45, 2.75) is 26.7 Å². The van der Waals surface area contributed by atoms with Crippen LogP contribution >= 0.6 is 0 Å². The van der Waals surface area contributed by atoms with Crippen LogP contribution in [0.2, 0.25) is 0 Å². The van der Waals surface area contributed by atoms with E-state index in [1.807, 2.05) is 13.8 Å². The maximum absolute atomic E-state index is 12.4. The van der Waals surface area contributed by atoms with Crippen molar-refractivity contribution in [2.75, 3.05) is 20.2 Å². The van der Waals surface area contributed by atoms with Gasteiger partial charge in [-0.1, -0.05) is 6.92 Å². The normalized spacial score (nSPS) is 10.3. The first-order chi connectivity index (χ1) is 9.03. The zero-order valence-electron chi connectivity index (χ0n) is 12.0. The van der Waals surface area contributed by atoms with E-state index in [0.717, 1.165) is 5.69 Å². The Bertz CT molecular complexity index is 454. The van der Waals surface area contributed by atoms with Crippen LogP contribution in [0.25, 0.3) is 0 Å². The number of amides is 1. The zero-order chi connectivity index (χ0) is 14.4. The van der Waals surface area contributed by atoms with Gasteiger partial charge < -0.3 is 9.64 Å². The Balaban J connectivity index is 2.80. The van der Waals surface area contributed by atoms with Crippen molar-refractivity contribution >= 4 is 11.9 Å². The van der Waals surface area contributed by atoms with Crippen LogP contribution in [0.3, 0.4) is 0 Å². The fraction of sp³-hybridized carbons (Fsp3) is 0.615. The molecule has 0 saturated carbocycles. The summed E-state index contributed by atoms with van der Waals surface area (Å²) in [5.74, 6) is -0.399. The van der Waals surface area contributed by atoms with Gasteiger partial charge in [-0.15, -0.1) is 0 Å². The molecule has 1 aromatic rings. The smallest absolute Gasteiger partial charge is 0.307 e. The summed E-state index contributed by atoms with van der Waals surface area (Å²) < 4.78 is 6.23. The number of hydrogen-bond acceptors (Lipinski definition) is 4. The van der Waals surface area contributed by atoms with E-state index in [1.54, 1.807) is 22.8 Å². The molecule has 6 heteroatoms. The van der Waals surface area contributed by atoms with Crippen molar-refractivity contribution in [1.29, 1.82) is 0 Å². The van der Waals surface area contributed by atoms with Crippen LogP contribution in [0.15, 0.2) is 6.20 Å². The molecular weight excluding hydrogens is 246 g/mol. The Morgan fingerprint density at radius 1 is 1.42 bits per heavy atom. The van der Waals surface area contributed by atoms with Gasteiger partial charge in [0.2, 0.25) is 0 Å². The van der Waals surface area contributed by atoms with E-state index in [1.165, 1.54) is 7.11 Å². The summed E-state index contributed by atoms with van der Waals surface area (Å²) in [5, 5.41) is 4.26. The number of carbonyl (C=O) groups excluding carboxylic acids is 2. The Kier molecular flexibility index (Phi) is 5.54. The maximum Gasteiger partial charge on any atom is 0.307 e. The number of rotatable bonds is 6. The average molecular weight is 267 g/mol. The molecule has 0 fully saturated rings. The minimum atomic E-state index is -0.312. The third-order valence-corrected chi connectivity index (χ3v) is 2.95. The summed E-state index contributed by atoms with van der Waals surface area (Å²) in [6, 6.07) is 0. The number of nitrogens with zero attached hydrogens (tertiary/aromatic N) is 3. The molecule has 1 heterocycles. The molecule has 0 N–H and O–H groups in total. The molecule has 0 spiro atoms. The summed E-state index contributed by atoms with van der Waals surface area (Å²) in [6.07, 6.45) is 2.64. The summed E-state index contributed by atoms with van der Waals surface area (Å²) in [4.78, 5) is 25.2. The van der Waals surface area contributed by atoms with Crippen LogP contribution in [0, 0.1) is 0 Å². The van der Waals surface area contributed by atoms with E-state index in [2.05, 4.69) is 9.84 Å². The molecule has 0 unspecified atom stereocenters. The molecule has 1 aromatic heterocycles. The van der Waals surface area contributed by atoms with Crippen LogP contribution in [0.4, 0.5) is 0 Å². The van der Waals surface area contributed by atoms with Crippen molar-refractivity contribution in [3.05, 3.63) is 17.5 Å². The van der Waals surface area contributed by atoms with Crippen molar-refractivity contribution < 1.29 is 14.3 Å². The molecule has 1 amide bonds. The number of esters is 1. The van der Waals surface area contributed by atoms with Crippen molar-refractivity contribution in [1.82, 2.24) is 14.7 Å². The van der Waals surface area contributed by atoms with Crippen LogP contribution in [-0.4, -0.2) is 46.8 Å². The molecule has 0 saturated heterocycles. The quantitative estimate of drug-likeness (QED) is 0.721. The first-order valence-corrected chi connectivity index (χ1v) is 6.42. The van der Waals surface area contributed by atoms with Gasteiger partial charge >= 0.3 is 5.97 Å². The summed E-state index contributed by atoms with van der Waals surface area (Å²) in [6.45, 7) is 4.76.